The second-order valence-corrected chi connectivity index (χ2v) is 10.1. The summed E-state index contributed by atoms with van der Waals surface area (Å²) in [6, 6.07) is 55.8. The van der Waals surface area contributed by atoms with E-state index in [1.54, 1.807) is 0 Å². The first-order valence-corrected chi connectivity index (χ1v) is 14.4. The Balaban J connectivity index is 1.25. The van der Waals surface area contributed by atoms with Crippen molar-refractivity contribution in [2.24, 2.45) is 0 Å². The van der Waals surface area contributed by atoms with Crippen LogP contribution in [0.1, 0.15) is 0 Å². The summed E-state index contributed by atoms with van der Waals surface area (Å²) >= 11 is 0. The standard InChI is InChI=1S/C38H32N6/c39-37(41-31-13-5-1-6-14-31)43(33-17-9-3-10-18-33)35-25-21-29(22-26-35)30-23-27-36(28-24-30)44(34-19-11-4-12-20-34)38(40)42-32-15-7-2-8-16-32/h1-28H,(H2,39,41)(H2,40,42). The van der Waals surface area contributed by atoms with Crippen LogP contribution in [0.3, 0.4) is 0 Å². The molecule has 0 aromatic heterocycles. The van der Waals surface area contributed by atoms with E-state index >= 15 is 0 Å². The summed E-state index contributed by atoms with van der Waals surface area (Å²) in [6.45, 7) is 0. The molecule has 6 heteroatoms. The normalized spacial score (nSPS) is 10.5. The molecule has 0 aliphatic heterocycles. The third-order valence-electron chi connectivity index (χ3n) is 7.13. The molecule has 6 aromatic carbocycles. The lowest BCUT2D eigenvalue weighted by atomic mass is 10.0. The highest BCUT2D eigenvalue weighted by Crippen LogP contribution is 2.32. The molecule has 0 saturated heterocycles. The van der Waals surface area contributed by atoms with Gasteiger partial charge in [0, 0.05) is 34.1 Å². The SMILES string of the molecule is N=C(Nc1ccccc1)N(c1ccccc1)c1ccc(-c2ccc(N(C(=N)Nc3ccccc3)c3ccccc3)cc2)cc1. The maximum atomic E-state index is 8.90. The molecule has 0 spiro atoms. The molecule has 6 rings (SSSR count). The highest BCUT2D eigenvalue weighted by molar-refractivity contribution is 6.09. The molecule has 0 bridgehead atoms. The lowest BCUT2D eigenvalue weighted by Gasteiger charge is -2.26. The van der Waals surface area contributed by atoms with Gasteiger partial charge in [-0.05, 0) is 83.9 Å². The molecular formula is C38H32N6. The van der Waals surface area contributed by atoms with Gasteiger partial charge in [0.1, 0.15) is 0 Å². The molecule has 0 amide bonds. The first-order valence-electron chi connectivity index (χ1n) is 14.4. The van der Waals surface area contributed by atoms with E-state index in [9.17, 15) is 0 Å². The Morgan fingerprint density at radius 1 is 0.341 bits per heavy atom. The van der Waals surface area contributed by atoms with Crippen molar-refractivity contribution in [3.05, 3.63) is 170 Å². The molecule has 0 atom stereocenters. The van der Waals surface area contributed by atoms with Crippen LogP contribution in [0.15, 0.2) is 170 Å². The maximum Gasteiger partial charge on any atom is 0.204 e. The van der Waals surface area contributed by atoms with Crippen LogP contribution in [0.25, 0.3) is 11.1 Å². The quantitative estimate of drug-likeness (QED) is 0.113. The highest BCUT2D eigenvalue weighted by atomic mass is 15.3. The first kappa shape index (κ1) is 28.0. The molecule has 6 nitrogen and oxygen atoms in total. The van der Waals surface area contributed by atoms with E-state index in [2.05, 4.69) is 34.9 Å². The van der Waals surface area contributed by atoms with Crippen LogP contribution in [0, 0.1) is 10.8 Å². The summed E-state index contributed by atoms with van der Waals surface area (Å²) in [5, 5.41) is 24.3. The fourth-order valence-electron chi connectivity index (χ4n) is 5.00. The Morgan fingerprint density at radius 3 is 0.932 bits per heavy atom. The fraction of sp³-hybridized carbons (Fsp3) is 0. The largest absolute Gasteiger partial charge is 0.326 e. The van der Waals surface area contributed by atoms with Crippen molar-refractivity contribution in [1.29, 1.82) is 10.8 Å². The number of nitrogens with zero attached hydrogens (tertiary/aromatic N) is 2. The average Bonchev–Trinajstić information content (AvgIpc) is 3.08. The molecular weight excluding hydrogens is 540 g/mol. The first-order chi connectivity index (χ1) is 21.7. The minimum Gasteiger partial charge on any atom is -0.326 e. The van der Waals surface area contributed by atoms with Crippen LogP contribution < -0.4 is 20.4 Å². The van der Waals surface area contributed by atoms with E-state index in [0.29, 0.717) is 0 Å². The van der Waals surface area contributed by atoms with Crippen LogP contribution in [-0.4, -0.2) is 11.9 Å². The number of hydrogen-bond acceptors (Lipinski definition) is 2. The third-order valence-corrected chi connectivity index (χ3v) is 7.13. The zero-order valence-electron chi connectivity index (χ0n) is 24.1. The molecule has 0 fully saturated rings. The zero-order chi connectivity index (χ0) is 30.1. The van der Waals surface area contributed by atoms with Crippen LogP contribution in [0.4, 0.5) is 34.1 Å². The predicted octanol–water partition coefficient (Wildman–Crippen LogP) is 9.72. The number of hydrogen-bond donors (Lipinski definition) is 4. The van der Waals surface area contributed by atoms with Crippen molar-refractivity contribution in [3.8, 4) is 11.1 Å². The van der Waals surface area contributed by atoms with E-state index in [1.807, 2.05) is 155 Å². The molecule has 0 saturated carbocycles. The molecule has 0 radical (unpaired) electrons. The molecule has 6 aromatic rings. The minimum atomic E-state index is 0.257. The summed E-state index contributed by atoms with van der Waals surface area (Å²) in [6.07, 6.45) is 0. The molecule has 0 heterocycles. The van der Waals surface area contributed by atoms with Gasteiger partial charge in [0.2, 0.25) is 11.9 Å². The molecule has 214 valence electrons. The monoisotopic (exact) mass is 572 g/mol. The zero-order valence-corrected chi connectivity index (χ0v) is 24.1. The van der Waals surface area contributed by atoms with Crippen molar-refractivity contribution >= 4 is 46.0 Å². The smallest absolute Gasteiger partial charge is 0.204 e. The van der Waals surface area contributed by atoms with Crippen LogP contribution in [0.5, 0.6) is 0 Å². The summed E-state index contributed by atoms with van der Waals surface area (Å²) < 4.78 is 0. The Morgan fingerprint density at radius 2 is 0.614 bits per heavy atom. The predicted molar refractivity (Wildman–Crippen MR) is 185 cm³/mol. The van der Waals surface area contributed by atoms with Gasteiger partial charge in [-0.15, -0.1) is 0 Å². The summed E-state index contributed by atoms with van der Waals surface area (Å²) in [7, 11) is 0. The fourth-order valence-corrected chi connectivity index (χ4v) is 5.00. The van der Waals surface area contributed by atoms with E-state index in [1.165, 1.54) is 0 Å². The van der Waals surface area contributed by atoms with Gasteiger partial charge in [-0.3, -0.25) is 20.6 Å². The number of benzene rings is 6. The van der Waals surface area contributed by atoms with Crippen LogP contribution >= 0.6 is 0 Å². The van der Waals surface area contributed by atoms with E-state index in [4.69, 9.17) is 10.8 Å². The summed E-state index contributed by atoms with van der Waals surface area (Å²) in [4.78, 5) is 3.78. The van der Waals surface area contributed by atoms with Gasteiger partial charge >= 0.3 is 0 Å². The topological polar surface area (TPSA) is 78.2 Å². The average molecular weight is 573 g/mol. The van der Waals surface area contributed by atoms with Gasteiger partial charge in [-0.2, -0.15) is 0 Å². The highest BCUT2D eigenvalue weighted by Gasteiger charge is 2.17. The maximum absolute atomic E-state index is 8.90. The van der Waals surface area contributed by atoms with Crippen LogP contribution in [0.2, 0.25) is 0 Å². The van der Waals surface area contributed by atoms with Crippen molar-refractivity contribution < 1.29 is 0 Å². The summed E-state index contributed by atoms with van der Waals surface area (Å²) in [5.41, 5.74) is 7.36. The second kappa shape index (κ2) is 13.2. The Hall–Kier alpha value is -6.14. The Labute approximate surface area is 257 Å². The third kappa shape index (κ3) is 6.50. The van der Waals surface area contributed by atoms with Gasteiger partial charge in [0.05, 0.1) is 0 Å². The molecule has 4 N–H and O–H groups in total. The summed E-state index contributed by atoms with van der Waals surface area (Å²) in [5.74, 6) is 0.513. The molecule has 0 aliphatic rings. The van der Waals surface area contributed by atoms with Crippen molar-refractivity contribution in [3.63, 3.8) is 0 Å². The van der Waals surface area contributed by atoms with Gasteiger partial charge in [-0.25, -0.2) is 0 Å². The Bertz CT molecular complexity index is 1670. The van der Waals surface area contributed by atoms with Crippen molar-refractivity contribution in [2.45, 2.75) is 0 Å². The number of nitrogens with one attached hydrogen (secondary N) is 4. The van der Waals surface area contributed by atoms with E-state index < -0.39 is 0 Å². The lowest BCUT2D eigenvalue weighted by molar-refractivity contribution is 1.27. The molecule has 44 heavy (non-hydrogen) atoms. The molecule has 0 aliphatic carbocycles. The van der Waals surface area contributed by atoms with Gasteiger partial charge in [0.25, 0.3) is 0 Å². The number of guanidine groups is 2. The molecule has 0 unspecified atom stereocenters. The number of para-hydroxylation sites is 4. The van der Waals surface area contributed by atoms with E-state index in [0.717, 1.165) is 45.3 Å². The Kier molecular flexibility index (Phi) is 8.42. The van der Waals surface area contributed by atoms with Crippen LogP contribution in [-0.2, 0) is 0 Å². The van der Waals surface area contributed by atoms with Gasteiger partial charge in [-0.1, -0.05) is 97.1 Å². The lowest BCUT2D eigenvalue weighted by Crippen LogP contribution is -2.31. The van der Waals surface area contributed by atoms with E-state index in [-0.39, 0.29) is 11.9 Å². The number of rotatable bonds is 7. The second-order valence-electron chi connectivity index (χ2n) is 10.1. The van der Waals surface area contributed by atoms with Crippen molar-refractivity contribution in [2.75, 3.05) is 20.4 Å². The minimum absolute atomic E-state index is 0.257. The van der Waals surface area contributed by atoms with Gasteiger partial charge < -0.3 is 10.6 Å². The number of anilines is 6. The van der Waals surface area contributed by atoms with Crippen molar-refractivity contribution in [1.82, 2.24) is 0 Å². The van der Waals surface area contributed by atoms with Gasteiger partial charge in [0.15, 0.2) is 0 Å².